The Morgan fingerprint density at radius 2 is 2.44 bits per heavy atom. The molecule has 0 fully saturated rings. The summed E-state index contributed by atoms with van der Waals surface area (Å²) in [6.07, 6.45) is 7.44. The Kier molecular flexibility index (Phi) is 2.00. The number of nitrogens with zero attached hydrogens (tertiary/aromatic N) is 2. The molecule has 0 saturated carbocycles. The van der Waals surface area contributed by atoms with E-state index in [9.17, 15) is 4.79 Å². The number of carboxylic acid groups (broad SMARTS) is 1. The molecule has 4 nitrogen and oxygen atoms in total. The van der Waals surface area contributed by atoms with Crippen LogP contribution in [-0.2, 0) is 10.9 Å². The van der Waals surface area contributed by atoms with Gasteiger partial charge in [-0.2, -0.15) is 4.79 Å². The molecule has 0 aliphatic carbocycles. The highest BCUT2D eigenvalue weighted by molar-refractivity contribution is 8.14. The fraction of sp³-hybridized carbons (Fsp3) is 0.0909. The average molecular weight is 233 g/mol. The molecule has 16 heavy (non-hydrogen) atoms. The van der Waals surface area contributed by atoms with Crippen molar-refractivity contribution in [3.05, 3.63) is 40.7 Å². The highest BCUT2D eigenvalue weighted by Gasteiger charge is 2.41. The van der Waals surface area contributed by atoms with Gasteiger partial charge in [0.15, 0.2) is 10.9 Å². The first-order valence-corrected chi connectivity index (χ1v) is 6.22. The first-order valence-electron chi connectivity index (χ1n) is 4.83. The van der Waals surface area contributed by atoms with E-state index in [1.807, 2.05) is 35.2 Å². The fourth-order valence-corrected chi connectivity index (χ4v) is 3.25. The minimum Gasteiger partial charge on any atom is -0.441 e. The molecular formula is C11H9N2O2S+. The van der Waals surface area contributed by atoms with Crippen LogP contribution < -0.4 is 0 Å². The second-order valence-electron chi connectivity index (χ2n) is 3.50. The molecule has 1 unspecified atom stereocenters. The van der Waals surface area contributed by atoms with Crippen LogP contribution in [0.2, 0.25) is 0 Å². The lowest BCUT2D eigenvalue weighted by molar-refractivity contribution is 0.221. The van der Waals surface area contributed by atoms with Crippen LogP contribution >= 0.6 is 0 Å². The quantitative estimate of drug-likeness (QED) is 0.696. The molecule has 5 heteroatoms. The summed E-state index contributed by atoms with van der Waals surface area (Å²) in [4.78, 5) is 16.2. The van der Waals surface area contributed by atoms with Crippen LogP contribution in [0.15, 0.2) is 40.0 Å². The number of rotatable bonds is 0. The minimum absolute atomic E-state index is 0.560. The topological polar surface area (TPSA) is 54.6 Å². The molecule has 3 heterocycles. The standard InChI is InChI=1S/C11H8N2O2S/c14-11(15)16-5-3-9-10(16)7-13-4-1-2-8(13)6-12-9/h1-4,6-7H,5H2/p+1. The second kappa shape index (κ2) is 3.38. The molecule has 0 saturated heterocycles. The summed E-state index contributed by atoms with van der Waals surface area (Å²) in [6, 6.07) is 3.86. The van der Waals surface area contributed by atoms with Gasteiger partial charge in [-0.05, 0) is 18.2 Å². The average Bonchev–Trinajstić information content (AvgIpc) is 2.81. The van der Waals surface area contributed by atoms with E-state index in [2.05, 4.69) is 4.99 Å². The van der Waals surface area contributed by atoms with Crippen molar-refractivity contribution in [1.82, 2.24) is 4.57 Å². The van der Waals surface area contributed by atoms with Crippen molar-refractivity contribution in [2.24, 2.45) is 4.99 Å². The van der Waals surface area contributed by atoms with E-state index in [4.69, 9.17) is 5.11 Å². The summed E-state index contributed by atoms with van der Waals surface area (Å²) in [6.45, 7) is 0. The zero-order chi connectivity index (χ0) is 11.1. The van der Waals surface area contributed by atoms with E-state index in [-0.39, 0.29) is 0 Å². The third-order valence-corrected chi connectivity index (χ3v) is 4.34. The summed E-state index contributed by atoms with van der Waals surface area (Å²) in [7, 11) is -0.747. The number of aromatic nitrogens is 1. The van der Waals surface area contributed by atoms with Crippen molar-refractivity contribution >= 4 is 28.6 Å². The van der Waals surface area contributed by atoms with Gasteiger partial charge in [-0.3, -0.25) is 0 Å². The maximum absolute atomic E-state index is 11.1. The molecule has 0 aromatic carbocycles. The van der Waals surface area contributed by atoms with Crippen LogP contribution in [0.1, 0.15) is 5.69 Å². The van der Waals surface area contributed by atoms with Crippen molar-refractivity contribution in [3.8, 4) is 0 Å². The minimum atomic E-state index is -0.761. The molecule has 2 aliphatic heterocycles. The highest BCUT2D eigenvalue weighted by atomic mass is 32.2. The Morgan fingerprint density at radius 3 is 3.25 bits per heavy atom. The number of fused-ring (bicyclic) bond motifs is 2. The zero-order valence-corrected chi connectivity index (χ0v) is 9.15. The Bertz CT molecular complexity index is 554. The molecule has 1 aromatic rings. The summed E-state index contributed by atoms with van der Waals surface area (Å²) < 4.78 is 1.91. The largest absolute Gasteiger partial charge is 0.529 e. The van der Waals surface area contributed by atoms with Crippen molar-refractivity contribution in [3.63, 3.8) is 0 Å². The van der Waals surface area contributed by atoms with Crippen molar-refractivity contribution in [1.29, 1.82) is 0 Å². The molecule has 1 N–H and O–H groups in total. The molecule has 0 bridgehead atoms. The van der Waals surface area contributed by atoms with Crippen molar-refractivity contribution < 1.29 is 9.90 Å². The summed E-state index contributed by atoms with van der Waals surface area (Å²) >= 11 is 0. The van der Waals surface area contributed by atoms with Crippen molar-refractivity contribution in [2.75, 3.05) is 5.75 Å². The number of carbonyl (C=O) groups is 1. The van der Waals surface area contributed by atoms with Crippen LogP contribution in [0.3, 0.4) is 0 Å². The van der Waals surface area contributed by atoms with Gasteiger partial charge >= 0.3 is 5.30 Å². The van der Waals surface area contributed by atoms with Gasteiger partial charge in [0, 0.05) is 6.20 Å². The number of hydrogen-bond donors (Lipinski definition) is 1. The van der Waals surface area contributed by atoms with Gasteiger partial charge < -0.3 is 9.67 Å². The predicted octanol–water partition coefficient (Wildman–Crippen LogP) is 1.91. The Labute approximate surface area is 95.0 Å². The highest BCUT2D eigenvalue weighted by Crippen LogP contribution is 2.31. The molecular weight excluding hydrogens is 224 g/mol. The molecule has 2 aliphatic rings. The van der Waals surface area contributed by atoms with E-state index in [1.165, 1.54) is 0 Å². The van der Waals surface area contributed by atoms with Gasteiger partial charge in [0.25, 0.3) is 0 Å². The van der Waals surface area contributed by atoms with E-state index in [0.29, 0.717) is 5.75 Å². The zero-order valence-electron chi connectivity index (χ0n) is 8.33. The predicted molar refractivity (Wildman–Crippen MR) is 64.6 cm³/mol. The third-order valence-electron chi connectivity index (χ3n) is 2.58. The lowest BCUT2D eigenvalue weighted by atomic mass is 10.4. The van der Waals surface area contributed by atoms with E-state index >= 15 is 0 Å². The van der Waals surface area contributed by atoms with Gasteiger partial charge in [0.05, 0.1) is 18.1 Å². The molecule has 0 radical (unpaired) electrons. The maximum atomic E-state index is 11.1. The van der Waals surface area contributed by atoms with Gasteiger partial charge in [-0.15, -0.1) is 0 Å². The van der Waals surface area contributed by atoms with Gasteiger partial charge in [0.1, 0.15) is 11.4 Å². The first kappa shape index (κ1) is 9.47. The smallest absolute Gasteiger partial charge is 0.441 e. The van der Waals surface area contributed by atoms with Crippen LogP contribution in [0.4, 0.5) is 4.79 Å². The van der Waals surface area contributed by atoms with Crippen molar-refractivity contribution in [2.45, 2.75) is 0 Å². The Balaban J connectivity index is 2.13. The lowest BCUT2D eigenvalue weighted by Crippen LogP contribution is -2.14. The molecule has 0 spiro atoms. The van der Waals surface area contributed by atoms with Crippen LogP contribution in [0.5, 0.6) is 0 Å². The first-order chi connectivity index (χ1) is 7.75. The second-order valence-corrected chi connectivity index (χ2v) is 5.41. The van der Waals surface area contributed by atoms with E-state index < -0.39 is 16.2 Å². The molecule has 3 rings (SSSR count). The number of hydrogen-bond acceptors (Lipinski definition) is 2. The maximum Gasteiger partial charge on any atom is 0.529 e. The van der Waals surface area contributed by atoms with Crippen LogP contribution in [0, 0.1) is 0 Å². The SMILES string of the molecule is O=C(O)[S+]1CC=C2N=Cc3cccn3C=C21. The monoisotopic (exact) mass is 233 g/mol. The normalized spacial score (nSPS) is 21.9. The Morgan fingerprint density at radius 1 is 1.56 bits per heavy atom. The Hall–Kier alpha value is -1.75. The molecule has 80 valence electrons. The van der Waals surface area contributed by atoms with Gasteiger partial charge in [-0.25, -0.2) is 4.99 Å². The summed E-state index contributed by atoms with van der Waals surface area (Å²) in [5.41, 5.74) is 1.77. The third kappa shape index (κ3) is 1.32. The van der Waals surface area contributed by atoms with Gasteiger partial charge in [0.2, 0.25) is 4.91 Å². The summed E-state index contributed by atoms with van der Waals surface area (Å²) in [5.74, 6) is 0.560. The van der Waals surface area contributed by atoms with Crippen LogP contribution in [0.25, 0.3) is 6.20 Å². The molecule has 0 amide bonds. The van der Waals surface area contributed by atoms with Crippen LogP contribution in [-0.4, -0.2) is 26.9 Å². The van der Waals surface area contributed by atoms with E-state index in [1.54, 1.807) is 6.21 Å². The summed E-state index contributed by atoms with van der Waals surface area (Å²) in [5, 5.41) is 8.36. The fourth-order valence-electron chi connectivity index (χ4n) is 1.79. The molecule has 1 atom stereocenters. The lowest BCUT2D eigenvalue weighted by Gasteiger charge is -1.98. The number of aliphatic imine (C=N–C) groups is 1. The van der Waals surface area contributed by atoms with E-state index in [0.717, 1.165) is 16.3 Å². The van der Waals surface area contributed by atoms with Gasteiger partial charge in [-0.1, -0.05) is 0 Å². The molecule has 1 aromatic heterocycles.